The van der Waals surface area contributed by atoms with Crippen LogP contribution < -0.4 is 4.57 Å². The van der Waals surface area contributed by atoms with Gasteiger partial charge in [0.25, 0.3) is 0 Å². The Morgan fingerprint density at radius 2 is 2.33 bits per heavy atom. The van der Waals surface area contributed by atoms with Gasteiger partial charge in [-0.25, -0.2) is 4.79 Å². The van der Waals surface area contributed by atoms with Crippen molar-refractivity contribution in [1.82, 2.24) is 0 Å². The van der Waals surface area contributed by atoms with Gasteiger partial charge in [-0.15, -0.1) is 0 Å². The molecule has 94 valence electrons. The van der Waals surface area contributed by atoms with Crippen molar-refractivity contribution in [3.05, 3.63) is 48.0 Å². The van der Waals surface area contributed by atoms with Crippen LogP contribution in [0.25, 0.3) is 5.70 Å². The highest BCUT2D eigenvalue weighted by molar-refractivity contribution is 5.83. The second kappa shape index (κ2) is 5.04. The molecule has 0 saturated heterocycles. The first kappa shape index (κ1) is 12.4. The summed E-state index contributed by atoms with van der Waals surface area (Å²) in [6.45, 7) is 1.96. The van der Waals surface area contributed by atoms with Crippen LogP contribution in [0, 0.1) is 5.92 Å². The number of hydrogen-bond acceptors (Lipinski definition) is 3. The summed E-state index contributed by atoms with van der Waals surface area (Å²) in [5.74, 6) is -0.102. The predicted octanol–water partition coefficient (Wildman–Crippen LogP) is 1.62. The number of methoxy groups -OCH3 is 1. The molecule has 0 radical (unpaired) electrons. The molecular formula is C14H16NO3+. The van der Waals surface area contributed by atoms with Crippen LogP contribution in [0.4, 0.5) is 0 Å². The number of pyridine rings is 1. The number of aliphatic hydroxyl groups is 1. The number of carbonyl (C=O) groups is 1. The lowest BCUT2D eigenvalue weighted by Crippen LogP contribution is -2.41. The molecule has 0 spiro atoms. The van der Waals surface area contributed by atoms with Crippen LogP contribution >= 0.6 is 0 Å². The van der Waals surface area contributed by atoms with Gasteiger partial charge < -0.3 is 9.84 Å². The fraction of sp³-hybridized carbons (Fsp3) is 0.286. The smallest absolute Gasteiger partial charge is 0.330 e. The summed E-state index contributed by atoms with van der Waals surface area (Å²) in [4.78, 5) is 11.1. The maximum Gasteiger partial charge on any atom is 0.330 e. The summed E-state index contributed by atoms with van der Waals surface area (Å²) >= 11 is 0. The molecule has 1 atom stereocenters. The molecule has 2 heterocycles. The lowest BCUT2D eigenvalue weighted by atomic mass is 9.97. The van der Waals surface area contributed by atoms with E-state index in [0.29, 0.717) is 11.5 Å². The Kier molecular flexibility index (Phi) is 3.46. The van der Waals surface area contributed by atoms with E-state index in [1.807, 2.05) is 35.9 Å². The Morgan fingerprint density at radius 3 is 3.06 bits per heavy atom. The molecule has 0 fully saturated rings. The Labute approximate surface area is 106 Å². The molecule has 4 nitrogen and oxygen atoms in total. The van der Waals surface area contributed by atoms with Gasteiger partial charge in [0.15, 0.2) is 17.6 Å². The number of carbonyl (C=O) groups excluding carboxylic acids is 1. The second-order valence-electron chi connectivity index (χ2n) is 4.29. The zero-order valence-corrected chi connectivity index (χ0v) is 10.5. The highest BCUT2D eigenvalue weighted by Gasteiger charge is 2.29. The van der Waals surface area contributed by atoms with Crippen molar-refractivity contribution in [3.8, 4) is 0 Å². The number of ether oxygens (including phenoxy) is 1. The van der Waals surface area contributed by atoms with E-state index in [0.717, 1.165) is 12.1 Å². The van der Waals surface area contributed by atoms with E-state index in [-0.39, 0.29) is 5.92 Å². The number of aliphatic hydroxyl groups excluding tert-OH is 1. The lowest BCUT2D eigenvalue weighted by molar-refractivity contribution is -0.592. The Balaban J connectivity index is 2.44. The first-order chi connectivity index (χ1) is 8.63. The summed E-state index contributed by atoms with van der Waals surface area (Å²) in [6, 6.07) is 5.86. The summed E-state index contributed by atoms with van der Waals surface area (Å²) in [7, 11) is 1.32. The third-order valence-electron chi connectivity index (χ3n) is 3.03. The molecule has 1 N–H and O–H groups in total. The van der Waals surface area contributed by atoms with E-state index in [1.54, 1.807) is 6.08 Å². The van der Waals surface area contributed by atoms with Gasteiger partial charge in [-0.05, 0) is 0 Å². The lowest BCUT2D eigenvalue weighted by Gasteiger charge is -2.16. The molecule has 4 heteroatoms. The number of allylic oxidation sites excluding steroid dienone is 3. The van der Waals surface area contributed by atoms with Crippen molar-refractivity contribution in [1.29, 1.82) is 0 Å². The molecule has 0 aromatic carbocycles. The molecule has 18 heavy (non-hydrogen) atoms. The zero-order chi connectivity index (χ0) is 13.1. The highest BCUT2D eigenvalue weighted by atomic mass is 16.5. The highest BCUT2D eigenvalue weighted by Crippen LogP contribution is 2.22. The number of esters is 1. The van der Waals surface area contributed by atoms with E-state index in [9.17, 15) is 9.90 Å². The standard InChI is InChI=1S/C14H15NO3/c1-10-9-11-5-3-4-8-15(11)12(14(10)17)6-7-13(16)18-2/h3-8,10H,9H2,1-2H3/p+1. The molecule has 0 aliphatic carbocycles. The minimum absolute atomic E-state index is 0.0460. The van der Waals surface area contributed by atoms with E-state index < -0.39 is 5.97 Å². The van der Waals surface area contributed by atoms with Gasteiger partial charge in [0.1, 0.15) is 0 Å². The van der Waals surface area contributed by atoms with Gasteiger partial charge in [0.2, 0.25) is 5.70 Å². The number of aromatic nitrogens is 1. The Morgan fingerprint density at radius 1 is 1.56 bits per heavy atom. The van der Waals surface area contributed by atoms with Crippen molar-refractivity contribution < 1.29 is 19.2 Å². The van der Waals surface area contributed by atoms with Crippen molar-refractivity contribution >= 4 is 11.7 Å². The number of rotatable bonds is 2. The third kappa shape index (κ3) is 2.27. The van der Waals surface area contributed by atoms with Crippen molar-refractivity contribution in [2.24, 2.45) is 5.92 Å². The Hall–Kier alpha value is -2.10. The first-order valence-corrected chi connectivity index (χ1v) is 5.82. The van der Waals surface area contributed by atoms with E-state index >= 15 is 0 Å². The van der Waals surface area contributed by atoms with Crippen LogP contribution in [0.1, 0.15) is 12.6 Å². The van der Waals surface area contributed by atoms with Gasteiger partial charge in [-0.3, -0.25) is 0 Å². The monoisotopic (exact) mass is 246 g/mol. The molecule has 1 aromatic rings. The largest absolute Gasteiger partial charge is 0.506 e. The summed E-state index contributed by atoms with van der Waals surface area (Å²) in [5, 5.41) is 10.1. The molecule has 2 rings (SSSR count). The van der Waals surface area contributed by atoms with Crippen molar-refractivity contribution in [3.63, 3.8) is 0 Å². The van der Waals surface area contributed by atoms with Crippen LogP contribution in [0.2, 0.25) is 0 Å². The topological polar surface area (TPSA) is 50.4 Å². The molecule has 1 aliphatic heterocycles. The van der Waals surface area contributed by atoms with Gasteiger partial charge >= 0.3 is 5.97 Å². The maximum atomic E-state index is 11.1. The van der Waals surface area contributed by atoms with Crippen LogP contribution in [0.5, 0.6) is 0 Å². The van der Waals surface area contributed by atoms with Crippen molar-refractivity contribution in [2.75, 3.05) is 7.11 Å². The molecule has 1 aliphatic rings. The normalized spacial score (nSPS) is 18.9. The fourth-order valence-electron chi connectivity index (χ4n) is 2.05. The van der Waals surface area contributed by atoms with Crippen LogP contribution in [-0.2, 0) is 16.0 Å². The zero-order valence-electron chi connectivity index (χ0n) is 10.5. The van der Waals surface area contributed by atoms with Gasteiger partial charge in [-0.2, -0.15) is 4.57 Å². The number of hydrogen-bond donors (Lipinski definition) is 1. The van der Waals surface area contributed by atoms with Gasteiger partial charge in [0.05, 0.1) is 7.11 Å². The Bertz CT molecular complexity index is 532. The molecule has 0 saturated carbocycles. The third-order valence-corrected chi connectivity index (χ3v) is 3.03. The predicted molar refractivity (Wildman–Crippen MR) is 66.5 cm³/mol. The van der Waals surface area contributed by atoms with Crippen molar-refractivity contribution in [2.45, 2.75) is 13.3 Å². The van der Waals surface area contributed by atoms with Gasteiger partial charge in [-0.1, -0.05) is 13.0 Å². The van der Waals surface area contributed by atoms with Crippen LogP contribution in [0.15, 0.2) is 42.3 Å². The minimum Gasteiger partial charge on any atom is -0.506 e. The van der Waals surface area contributed by atoms with E-state index in [2.05, 4.69) is 4.74 Å². The molecular weight excluding hydrogens is 230 g/mol. The average Bonchev–Trinajstić information content (AvgIpc) is 2.39. The van der Waals surface area contributed by atoms with E-state index in [4.69, 9.17) is 0 Å². The van der Waals surface area contributed by atoms with E-state index in [1.165, 1.54) is 13.2 Å². The first-order valence-electron chi connectivity index (χ1n) is 5.82. The quantitative estimate of drug-likeness (QED) is 0.490. The fourth-order valence-corrected chi connectivity index (χ4v) is 2.05. The SMILES string of the molecule is COC(=O)/C=C/C1=C(O)C(C)Cc2cccc[n+]21. The summed E-state index contributed by atoms with van der Waals surface area (Å²) in [6.07, 6.45) is 5.55. The minimum atomic E-state index is -0.438. The molecule has 0 amide bonds. The van der Waals surface area contributed by atoms with Crippen LogP contribution in [0.3, 0.4) is 0 Å². The average molecular weight is 246 g/mol. The second-order valence-corrected chi connectivity index (χ2v) is 4.29. The number of nitrogens with zero attached hydrogens (tertiary/aromatic N) is 1. The maximum absolute atomic E-state index is 11.1. The molecule has 1 unspecified atom stereocenters. The summed E-state index contributed by atoms with van der Waals surface area (Å²) < 4.78 is 6.44. The summed E-state index contributed by atoms with van der Waals surface area (Å²) in [5.41, 5.74) is 1.72. The number of fused-ring (bicyclic) bond motifs is 1. The molecule has 1 aromatic heterocycles. The van der Waals surface area contributed by atoms with Crippen LogP contribution in [-0.4, -0.2) is 18.2 Å². The van der Waals surface area contributed by atoms with Gasteiger partial charge in [0, 0.05) is 36.6 Å². The molecule has 0 bridgehead atoms.